The molecule has 8 heteroatoms. The average Bonchev–Trinajstić information content (AvgIpc) is 3.17. The van der Waals surface area contributed by atoms with Crippen LogP contribution in [0, 0.1) is 5.92 Å². The number of hydrogen-bond acceptors (Lipinski definition) is 5. The summed E-state index contributed by atoms with van der Waals surface area (Å²) < 4.78 is 4.78. The van der Waals surface area contributed by atoms with E-state index in [1.54, 1.807) is 36.2 Å². The highest BCUT2D eigenvalue weighted by Crippen LogP contribution is 2.23. The molecule has 2 amide bonds. The van der Waals surface area contributed by atoms with Gasteiger partial charge in [-0.3, -0.25) is 9.59 Å². The molecule has 1 aromatic heterocycles. The highest BCUT2D eigenvalue weighted by molar-refractivity contribution is 6.30. The first-order valence-corrected chi connectivity index (χ1v) is 7.48. The molecule has 2 aromatic rings. The minimum Gasteiger partial charge on any atom is -0.345 e. The minimum absolute atomic E-state index is 0.0345. The molecule has 2 atom stereocenters. The van der Waals surface area contributed by atoms with Gasteiger partial charge in [0.2, 0.25) is 18.2 Å². The van der Waals surface area contributed by atoms with Crippen molar-refractivity contribution >= 4 is 23.4 Å². The Kier molecular flexibility index (Phi) is 4.29. The third-order valence-electron chi connectivity index (χ3n) is 3.84. The number of benzene rings is 1. The van der Waals surface area contributed by atoms with Gasteiger partial charge in [0.1, 0.15) is 6.04 Å². The summed E-state index contributed by atoms with van der Waals surface area (Å²) in [5, 5.41) is 7.30. The lowest BCUT2D eigenvalue weighted by molar-refractivity contribution is -0.128. The highest BCUT2D eigenvalue weighted by atomic mass is 35.5. The molecular formula is C15H15ClN4O3. The molecule has 1 N–H and O–H groups in total. The van der Waals surface area contributed by atoms with Gasteiger partial charge in [0.25, 0.3) is 0 Å². The van der Waals surface area contributed by atoms with Crippen LogP contribution >= 0.6 is 11.6 Å². The van der Waals surface area contributed by atoms with E-state index >= 15 is 0 Å². The van der Waals surface area contributed by atoms with Gasteiger partial charge in [-0.05, 0) is 17.7 Å². The van der Waals surface area contributed by atoms with Crippen molar-refractivity contribution in [1.82, 2.24) is 20.4 Å². The van der Waals surface area contributed by atoms with Gasteiger partial charge < -0.3 is 14.7 Å². The summed E-state index contributed by atoms with van der Waals surface area (Å²) in [6, 6.07) is 6.47. The molecule has 0 spiro atoms. The third kappa shape index (κ3) is 3.34. The Morgan fingerprint density at radius 1 is 1.43 bits per heavy atom. The van der Waals surface area contributed by atoms with E-state index < -0.39 is 6.04 Å². The molecule has 1 saturated heterocycles. The second-order valence-corrected chi connectivity index (χ2v) is 5.89. The van der Waals surface area contributed by atoms with Gasteiger partial charge in [-0.2, -0.15) is 4.98 Å². The monoisotopic (exact) mass is 334 g/mol. The van der Waals surface area contributed by atoms with E-state index in [1.807, 2.05) is 0 Å². The fourth-order valence-electron chi connectivity index (χ4n) is 2.56. The molecular weight excluding hydrogens is 320 g/mol. The van der Waals surface area contributed by atoms with E-state index in [0.717, 1.165) is 5.56 Å². The van der Waals surface area contributed by atoms with Crippen LogP contribution in [0.1, 0.15) is 23.9 Å². The molecule has 2 heterocycles. The number of hydrogen-bond donors (Lipinski definition) is 1. The molecule has 120 valence electrons. The van der Waals surface area contributed by atoms with E-state index in [2.05, 4.69) is 15.5 Å². The van der Waals surface area contributed by atoms with Gasteiger partial charge in [0.05, 0.1) is 5.92 Å². The molecule has 3 rings (SSSR count). The molecule has 1 aliphatic heterocycles. The maximum absolute atomic E-state index is 12.5. The van der Waals surface area contributed by atoms with Gasteiger partial charge in [-0.15, -0.1) is 0 Å². The zero-order chi connectivity index (χ0) is 16.4. The Labute approximate surface area is 137 Å². The Bertz CT molecular complexity index is 702. The fourth-order valence-corrected chi connectivity index (χ4v) is 2.68. The van der Waals surface area contributed by atoms with Crippen LogP contribution in [0.2, 0.25) is 5.02 Å². The average molecular weight is 335 g/mol. The number of carbonyl (C=O) groups is 2. The van der Waals surface area contributed by atoms with Gasteiger partial charge in [0.15, 0.2) is 5.82 Å². The standard InChI is InChI=1S/C15H15ClN4O3/c1-20-7-10(6-12(20)21)15(22)18-13(14-17-8-23-19-14)9-2-4-11(16)5-3-9/h2-5,8,10,13H,6-7H2,1H3,(H,18,22)/t10-,13-/m0/s1. The van der Waals surface area contributed by atoms with Crippen molar-refractivity contribution in [2.45, 2.75) is 12.5 Å². The largest absolute Gasteiger partial charge is 0.345 e. The van der Waals surface area contributed by atoms with E-state index in [9.17, 15) is 9.59 Å². The first-order chi connectivity index (χ1) is 11.0. The van der Waals surface area contributed by atoms with E-state index in [4.69, 9.17) is 16.1 Å². The summed E-state index contributed by atoms with van der Waals surface area (Å²) in [7, 11) is 1.69. The maximum atomic E-state index is 12.5. The number of likely N-dealkylation sites (tertiary alicyclic amines) is 1. The smallest absolute Gasteiger partial charge is 0.226 e. The van der Waals surface area contributed by atoms with Crippen molar-refractivity contribution in [1.29, 1.82) is 0 Å². The lowest BCUT2D eigenvalue weighted by Gasteiger charge is -2.18. The molecule has 23 heavy (non-hydrogen) atoms. The van der Waals surface area contributed by atoms with Crippen LogP contribution in [0.3, 0.4) is 0 Å². The van der Waals surface area contributed by atoms with Crippen molar-refractivity contribution in [3.05, 3.63) is 47.1 Å². The molecule has 1 aromatic carbocycles. The summed E-state index contributed by atoms with van der Waals surface area (Å²) in [6.07, 6.45) is 1.42. The molecule has 0 radical (unpaired) electrons. The first-order valence-electron chi connectivity index (χ1n) is 7.10. The Morgan fingerprint density at radius 3 is 2.74 bits per heavy atom. The summed E-state index contributed by atoms with van der Waals surface area (Å²) in [6.45, 7) is 0.407. The lowest BCUT2D eigenvalue weighted by atomic mass is 10.0. The van der Waals surface area contributed by atoms with Gasteiger partial charge in [-0.1, -0.05) is 28.9 Å². The van der Waals surface area contributed by atoms with Gasteiger partial charge in [0, 0.05) is 25.0 Å². The first kappa shape index (κ1) is 15.5. The predicted molar refractivity (Wildman–Crippen MR) is 81.5 cm³/mol. The molecule has 0 saturated carbocycles. The van der Waals surface area contributed by atoms with Crippen LogP contribution in [-0.2, 0) is 9.59 Å². The topological polar surface area (TPSA) is 88.3 Å². The number of halogens is 1. The second kappa shape index (κ2) is 6.37. The van der Waals surface area contributed by atoms with Crippen LogP contribution < -0.4 is 5.32 Å². The third-order valence-corrected chi connectivity index (χ3v) is 4.09. The van der Waals surface area contributed by atoms with Gasteiger partial charge in [-0.25, -0.2) is 0 Å². The molecule has 1 aliphatic rings. The molecule has 0 unspecified atom stereocenters. The van der Waals surface area contributed by atoms with Crippen LogP contribution in [0.5, 0.6) is 0 Å². The van der Waals surface area contributed by atoms with Crippen molar-refractivity contribution in [3.8, 4) is 0 Å². The van der Waals surface area contributed by atoms with Crippen LogP contribution in [0.25, 0.3) is 0 Å². The number of nitrogens with zero attached hydrogens (tertiary/aromatic N) is 3. The molecule has 7 nitrogen and oxygen atoms in total. The summed E-state index contributed by atoms with van der Waals surface area (Å²) >= 11 is 5.90. The Balaban J connectivity index is 1.81. The molecule has 0 aliphatic carbocycles. The summed E-state index contributed by atoms with van der Waals surface area (Å²) in [5.74, 6) is -0.284. The Hall–Kier alpha value is -2.41. The Morgan fingerprint density at radius 2 is 2.17 bits per heavy atom. The number of aromatic nitrogens is 2. The van der Waals surface area contributed by atoms with Crippen LogP contribution in [0.4, 0.5) is 0 Å². The van der Waals surface area contributed by atoms with E-state index in [-0.39, 0.29) is 24.2 Å². The summed E-state index contributed by atoms with van der Waals surface area (Å²) in [5.41, 5.74) is 0.779. The van der Waals surface area contributed by atoms with Crippen molar-refractivity contribution in [2.75, 3.05) is 13.6 Å². The normalized spacial score (nSPS) is 19.0. The summed E-state index contributed by atoms with van der Waals surface area (Å²) in [4.78, 5) is 29.7. The minimum atomic E-state index is -0.556. The van der Waals surface area contributed by atoms with E-state index in [0.29, 0.717) is 17.4 Å². The van der Waals surface area contributed by atoms with Gasteiger partial charge >= 0.3 is 0 Å². The number of rotatable bonds is 4. The zero-order valence-corrected chi connectivity index (χ0v) is 13.2. The van der Waals surface area contributed by atoms with Crippen molar-refractivity contribution in [2.24, 2.45) is 5.92 Å². The van der Waals surface area contributed by atoms with Crippen molar-refractivity contribution in [3.63, 3.8) is 0 Å². The quantitative estimate of drug-likeness (QED) is 0.913. The maximum Gasteiger partial charge on any atom is 0.226 e. The highest BCUT2D eigenvalue weighted by Gasteiger charge is 2.34. The predicted octanol–water partition coefficient (Wildman–Crippen LogP) is 1.41. The number of carbonyl (C=O) groups excluding carboxylic acids is 2. The number of amides is 2. The van der Waals surface area contributed by atoms with Crippen LogP contribution in [0.15, 0.2) is 35.2 Å². The number of nitrogens with one attached hydrogen (secondary N) is 1. The fraction of sp³-hybridized carbons (Fsp3) is 0.333. The lowest BCUT2D eigenvalue weighted by Crippen LogP contribution is -2.36. The second-order valence-electron chi connectivity index (χ2n) is 5.46. The van der Waals surface area contributed by atoms with E-state index in [1.165, 1.54) is 6.39 Å². The zero-order valence-electron chi connectivity index (χ0n) is 12.4. The molecule has 0 bridgehead atoms. The SMILES string of the molecule is CN1C[C@@H](C(=O)N[C@@H](c2ccc(Cl)cc2)c2ncon2)CC1=O. The van der Waals surface area contributed by atoms with Crippen molar-refractivity contribution < 1.29 is 14.1 Å². The van der Waals surface area contributed by atoms with Crippen LogP contribution in [-0.4, -0.2) is 40.4 Å². The molecule has 1 fully saturated rings.